The fourth-order valence-electron chi connectivity index (χ4n) is 2.84. The number of hydrogen-bond acceptors (Lipinski definition) is 8. The standard InChI is InChI=1S/C20H22NO6P.C4H5N3/c1-3-26-28(25,27-4-2)18(15-11-7-5-8-12-15)17(20(23)24)21-19(22)16-13-9-6-10-14-16;5-4-6-2-1-3-7-4/h5-14H,3-4H2,1-2H3,(H,21,22)(H,23,24);1-3H,(H2,5,6,7)/b18-17-;. The Morgan fingerprint density at radius 3 is 1.77 bits per heavy atom. The summed E-state index contributed by atoms with van der Waals surface area (Å²) in [5.41, 5.74) is 5.16. The number of hydrogen-bond donors (Lipinski definition) is 3. The Labute approximate surface area is 203 Å². The van der Waals surface area contributed by atoms with Crippen LogP contribution in [0.15, 0.2) is 84.8 Å². The Morgan fingerprint density at radius 2 is 1.37 bits per heavy atom. The zero-order valence-electron chi connectivity index (χ0n) is 19.3. The third kappa shape index (κ3) is 8.15. The van der Waals surface area contributed by atoms with Crippen molar-refractivity contribution in [1.29, 1.82) is 0 Å². The number of carbonyl (C=O) groups excluding carboxylic acids is 1. The minimum absolute atomic E-state index is 0.0349. The number of amides is 1. The van der Waals surface area contributed by atoms with Crippen molar-refractivity contribution in [2.24, 2.45) is 0 Å². The number of nitrogens with one attached hydrogen (secondary N) is 1. The highest BCUT2D eigenvalue weighted by Gasteiger charge is 2.37. The first-order valence-electron chi connectivity index (χ1n) is 10.6. The molecule has 0 aliphatic carbocycles. The molecule has 4 N–H and O–H groups in total. The van der Waals surface area contributed by atoms with Gasteiger partial charge in [0.15, 0.2) is 0 Å². The molecule has 0 saturated heterocycles. The van der Waals surface area contributed by atoms with Gasteiger partial charge in [-0.05, 0) is 37.6 Å². The van der Waals surface area contributed by atoms with Gasteiger partial charge in [-0.15, -0.1) is 0 Å². The fraction of sp³-hybridized carbons (Fsp3) is 0.167. The van der Waals surface area contributed by atoms with Gasteiger partial charge in [0.2, 0.25) is 5.95 Å². The van der Waals surface area contributed by atoms with E-state index in [1.165, 1.54) is 0 Å². The molecule has 1 heterocycles. The minimum Gasteiger partial charge on any atom is -0.477 e. The van der Waals surface area contributed by atoms with Gasteiger partial charge >= 0.3 is 13.6 Å². The predicted molar refractivity (Wildman–Crippen MR) is 132 cm³/mol. The van der Waals surface area contributed by atoms with Crippen molar-refractivity contribution in [1.82, 2.24) is 15.3 Å². The monoisotopic (exact) mass is 498 g/mol. The van der Waals surface area contributed by atoms with Crippen molar-refractivity contribution < 1.29 is 28.3 Å². The second kappa shape index (κ2) is 13.8. The van der Waals surface area contributed by atoms with Crippen LogP contribution >= 0.6 is 7.60 Å². The average molecular weight is 498 g/mol. The van der Waals surface area contributed by atoms with Crippen LogP contribution in [-0.4, -0.2) is 40.2 Å². The summed E-state index contributed by atoms with van der Waals surface area (Å²) in [5, 5.41) is 12.0. The number of rotatable bonds is 9. The smallest absolute Gasteiger partial charge is 0.364 e. The second-order valence-electron chi connectivity index (χ2n) is 6.65. The van der Waals surface area contributed by atoms with Crippen LogP contribution in [0.25, 0.3) is 5.31 Å². The van der Waals surface area contributed by atoms with Gasteiger partial charge in [0.25, 0.3) is 5.91 Å². The maximum absolute atomic E-state index is 13.5. The number of carboxylic acids is 1. The first-order chi connectivity index (χ1) is 16.8. The lowest BCUT2D eigenvalue weighted by atomic mass is 10.1. The summed E-state index contributed by atoms with van der Waals surface area (Å²) in [6.07, 6.45) is 3.20. The van der Waals surface area contributed by atoms with Crippen molar-refractivity contribution >= 4 is 30.7 Å². The van der Waals surface area contributed by atoms with E-state index in [0.29, 0.717) is 11.5 Å². The first-order valence-corrected chi connectivity index (χ1v) is 12.2. The molecular weight excluding hydrogens is 471 g/mol. The predicted octanol–water partition coefficient (Wildman–Crippen LogP) is 4.19. The molecule has 11 heteroatoms. The molecule has 0 spiro atoms. The Morgan fingerprint density at radius 1 is 0.886 bits per heavy atom. The van der Waals surface area contributed by atoms with E-state index in [-0.39, 0.29) is 24.1 Å². The Balaban J connectivity index is 0.000000527. The van der Waals surface area contributed by atoms with Crippen molar-refractivity contribution in [2.45, 2.75) is 13.8 Å². The highest BCUT2D eigenvalue weighted by Crippen LogP contribution is 2.61. The van der Waals surface area contributed by atoms with Crippen LogP contribution in [0.4, 0.5) is 5.95 Å². The van der Waals surface area contributed by atoms with Crippen molar-refractivity contribution in [3.63, 3.8) is 0 Å². The molecule has 0 aliphatic heterocycles. The number of carboxylic acid groups (broad SMARTS) is 1. The lowest BCUT2D eigenvalue weighted by Gasteiger charge is -2.22. The molecule has 1 amide bonds. The quantitative estimate of drug-likeness (QED) is 0.291. The molecule has 0 fully saturated rings. The van der Waals surface area contributed by atoms with Crippen LogP contribution in [0.2, 0.25) is 0 Å². The molecule has 0 radical (unpaired) electrons. The van der Waals surface area contributed by atoms with Crippen LogP contribution in [0.1, 0.15) is 29.8 Å². The van der Waals surface area contributed by atoms with Crippen molar-refractivity contribution in [3.8, 4) is 0 Å². The van der Waals surface area contributed by atoms with Gasteiger partial charge in [0.1, 0.15) is 11.0 Å². The van der Waals surface area contributed by atoms with E-state index in [9.17, 15) is 19.3 Å². The maximum Gasteiger partial charge on any atom is 0.364 e. The highest BCUT2D eigenvalue weighted by atomic mass is 31.2. The van der Waals surface area contributed by atoms with E-state index < -0.39 is 25.2 Å². The summed E-state index contributed by atoms with van der Waals surface area (Å²) in [4.78, 5) is 31.9. The number of aromatic nitrogens is 2. The number of nitrogen functional groups attached to an aromatic ring is 1. The topological polar surface area (TPSA) is 154 Å². The molecule has 0 aliphatic rings. The molecule has 2 aromatic carbocycles. The van der Waals surface area contributed by atoms with E-state index in [0.717, 1.165) is 0 Å². The first kappa shape index (κ1) is 27.4. The van der Waals surface area contributed by atoms with Crippen LogP contribution in [0, 0.1) is 0 Å². The number of nitrogens with zero attached hydrogens (tertiary/aromatic N) is 2. The summed E-state index contributed by atoms with van der Waals surface area (Å²) in [6.45, 7) is 3.31. The molecule has 0 unspecified atom stereocenters. The second-order valence-corrected chi connectivity index (χ2v) is 8.61. The number of nitrogens with two attached hydrogens (primary N) is 1. The lowest BCUT2D eigenvalue weighted by Crippen LogP contribution is -2.29. The largest absolute Gasteiger partial charge is 0.477 e. The summed E-state index contributed by atoms with van der Waals surface area (Å²) < 4.78 is 24.2. The van der Waals surface area contributed by atoms with Gasteiger partial charge < -0.3 is 25.2 Å². The average Bonchev–Trinajstić information content (AvgIpc) is 2.86. The van der Waals surface area contributed by atoms with E-state index in [2.05, 4.69) is 15.3 Å². The molecule has 0 saturated carbocycles. The maximum atomic E-state index is 13.5. The van der Waals surface area contributed by atoms with Crippen LogP contribution in [0.3, 0.4) is 0 Å². The third-order valence-corrected chi connectivity index (χ3v) is 6.46. The molecule has 35 heavy (non-hydrogen) atoms. The number of carbonyl (C=O) groups is 2. The Kier molecular flexibility index (Phi) is 10.8. The zero-order valence-corrected chi connectivity index (χ0v) is 20.2. The summed E-state index contributed by atoms with van der Waals surface area (Å²) >= 11 is 0. The van der Waals surface area contributed by atoms with E-state index in [4.69, 9.17) is 14.8 Å². The molecule has 184 valence electrons. The summed E-state index contributed by atoms with van der Waals surface area (Å²) in [6, 6.07) is 18.1. The number of benzene rings is 2. The van der Waals surface area contributed by atoms with Gasteiger partial charge in [-0.1, -0.05) is 48.5 Å². The van der Waals surface area contributed by atoms with Gasteiger partial charge in [-0.2, -0.15) is 0 Å². The normalized spacial score (nSPS) is 11.5. The van der Waals surface area contributed by atoms with E-state index in [1.54, 1.807) is 93.0 Å². The van der Waals surface area contributed by atoms with E-state index >= 15 is 0 Å². The minimum atomic E-state index is -4.03. The molecular formula is C24H27N4O6P. The van der Waals surface area contributed by atoms with Crippen molar-refractivity contribution in [2.75, 3.05) is 18.9 Å². The molecule has 0 atom stereocenters. The Hall–Kier alpha value is -3.85. The molecule has 0 bridgehead atoms. The van der Waals surface area contributed by atoms with Crippen LogP contribution in [-0.2, 0) is 18.4 Å². The zero-order chi connectivity index (χ0) is 25.7. The van der Waals surface area contributed by atoms with E-state index in [1.807, 2.05) is 0 Å². The third-order valence-electron chi connectivity index (χ3n) is 4.23. The van der Waals surface area contributed by atoms with Gasteiger partial charge in [-0.3, -0.25) is 9.36 Å². The van der Waals surface area contributed by atoms with Crippen molar-refractivity contribution in [3.05, 3.63) is 95.9 Å². The SMILES string of the molecule is CCOP(=O)(OCC)/C(=C(\NC(=O)c1ccccc1)C(=O)O)c1ccccc1.Nc1ncccn1. The highest BCUT2D eigenvalue weighted by molar-refractivity contribution is 7.65. The number of anilines is 1. The molecule has 3 aromatic rings. The number of aliphatic carboxylic acids is 1. The van der Waals surface area contributed by atoms with Gasteiger partial charge in [-0.25, -0.2) is 14.8 Å². The van der Waals surface area contributed by atoms with Crippen LogP contribution < -0.4 is 11.1 Å². The van der Waals surface area contributed by atoms with Gasteiger partial charge in [0, 0.05) is 18.0 Å². The lowest BCUT2D eigenvalue weighted by molar-refractivity contribution is -0.132. The molecule has 3 rings (SSSR count). The summed E-state index contributed by atoms with van der Waals surface area (Å²) in [5.74, 6) is -1.78. The summed E-state index contributed by atoms with van der Waals surface area (Å²) in [7, 11) is -4.03. The Bertz CT molecular complexity index is 1160. The molecule has 10 nitrogen and oxygen atoms in total. The van der Waals surface area contributed by atoms with Crippen LogP contribution in [0.5, 0.6) is 0 Å². The van der Waals surface area contributed by atoms with Gasteiger partial charge in [0.05, 0.1) is 13.2 Å². The fourth-order valence-corrected chi connectivity index (χ4v) is 4.74. The molecule has 1 aromatic heterocycles.